The summed E-state index contributed by atoms with van der Waals surface area (Å²) < 4.78 is 95.4. The summed E-state index contributed by atoms with van der Waals surface area (Å²) in [4.78, 5) is 4.74. The number of benzene rings is 4. The molecule has 0 unspecified atom stereocenters. The molecule has 0 amide bonds. The first-order chi connectivity index (χ1) is 22.0. The summed E-state index contributed by atoms with van der Waals surface area (Å²) in [6.45, 7) is 1.84. The van der Waals surface area contributed by atoms with Crippen molar-refractivity contribution in [2.45, 2.75) is 16.7 Å². The average molecular weight is 705 g/mol. The summed E-state index contributed by atoms with van der Waals surface area (Å²) in [6, 6.07) is 13.1. The van der Waals surface area contributed by atoms with Crippen molar-refractivity contribution in [2.24, 2.45) is 20.5 Å². The Morgan fingerprint density at radius 1 is 0.830 bits per heavy atom. The van der Waals surface area contributed by atoms with E-state index in [0.29, 0.717) is 5.69 Å². The van der Waals surface area contributed by atoms with E-state index in [9.17, 15) is 39.8 Å². The Bertz CT molecular complexity index is 2360. The molecule has 1 aromatic heterocycles. The summed E-state index contributed by atoms with van der Waals surface area (Å²) in [5, 5.41) is 28.3. The molecule has 0 aliphatic carbocycles. The predicted molar refractivity (Wildman–Crippen MR) is 166 cm³/mol. The Morgan fingerprint density at radius 3 is 2.15 bits per heavy atom. The van der Waals surface area contributed by atoms with Gasteiger partial charge in [-0.2, -0.15) is 40.7 Å². The molecule has 0 spiro atoms. The standard InChI is InChI=1S/C27H19ClF2N8O7S2/c1-12-2-5-14(6-3-12)35-38-23-19(47(43,44)45)10-13-4-8-16(24(39)20(13)22(23)31)36-37-17-11-15(7-9-18(17)46(40,41)42)32-26-21(28)25(29)33-27(30)34-26/h2-11,39H,31H2,1H3,(H,32,33,34)(H,40,41,42)(H,43,44,45). The van der Waals surface area contributed by atoms with Gasteiger partial charge >= 0.3 is 6.08 Å². The summed E-state index contributed by atoms with van der Waals surface area (Å²) in [7, 11) is -9.78. The van der Waals surface area contributed by atoms with Gasteiger partial charge < -0.3 is 16.2 Å². The van der Waals surface area contributed by atoms with Crippen molar-refractivity contribution in [2.75, 3.05) is 11.1 Å². The normalized spacial score (nSPS) is 12.4. The number of rotatable bonds is 8. The molecule has 15 nitrogen and oxygen atoms in total. The number of aromatic hydroxyl groups is 1. The molecule has 20 heteroatoms. The number of nitrogens with zero attached hydrogens (tertiary/aromatic N) is 6. The molecular formula is C27H19ClF2N8O7S2. The lowest BCUT2D eigenvalue weighted by Crippen LogP contribution is -2.03. The number of anilines is 3. The van der Waals surface area contributed by atoms with E-state index >= 15 is 0 Å². The van der Waals surface area contributed by atoms with Crippen LogP contribution in [0, 0.1) is 18.9 Å². The van der Waals surface area contributed by atoms with Crippen LogP contribution in [0.4, 0.5) is 48.7 Å². The first-order valence-electron chi connectivity index (χ1n) is 12.8. The number of phenolic OH excluding ortho intramolecular Hbond substituents is 1. The van der Waals surface area contributed by atoms with E-state index in [1.807, 2.05) is 6.92 Å². The second-order valence-electron chi connectivity index (χ2n) is 9.61. The molecule has 4 aromatic carbocycles. The van der Waals surface area contributed by atoms with Gasteiger partial charge in [-0.05, 0) is 54.8 Å². The van der Waals surface area contributed by atoms with Crippen LogP contribution in [-0.2, 0) is 20.2 Å². The Morgan fingerprint density at radius 2 is 1.49 bits per heavy atom. The van der Waals surface area contributed by atoms with Gasteiger partial charge in [0.1, 0.15) is 31.9 Å². The van der Waals surface area contributed by atoms with Gasteiger partial charge in [-0.1, -0.05) is 35.4 Å². The van der Waals surface area contributed by atoms with Gasteiger partial charge in [0.25, 0.3) is 20.2 Å². The second kappa shape index (κ2) is 12.5. The molecule has 0 bridgehead atoms. The van der Waals surface area contributed by atoms with Crippen LogP contribution in [0.25, 0.3) is 10.8 Å². The van der Waals surface area contributed by atoms with Crippen molar-refractivity contribution in [1.82, 2.24) is 9.97 Å². The monoisotopic (exact) mass is 704 g/mol. The van der Waals surface area contributed by atoms with Gasteiger partial charge in [-0.15, -0.1) is 15.3 Å². The summed E-state index contributed by atoms with van der Waals surface area (Å²) in [5.41, 5.74) is 5.70. The number of nitrogens with one attached hydrogen (secondary N) is 1. The van der Waals surface area contributed by atoms with Crippen molar-refractivity contribution in [3.05, 3.63) is 83.3 Å². The molecular weight excluding hydrogens is 686 g/mol. The number of nitrogens with two attached hydrogens (primary N) is 1. The number of hydrogen-bond donors (Lipinski definition) is 5. The molecule has 47 heavy (non-hydrogen) atoms. The Hall–Kier alpha value is -5.21. The fourth-order valence-corrected chi connectivity index (χ4v) is 5.58. The smallest absolute Gasteiger partial charge is 0.313 e. The molecule has 0 aliphatic heterocycles. The number of halogens is 3. The van der Waals surface area contributed by atoms with E-state index in [1.54, 1.807) is 24.3 Å². The van der Waals surface area contributed by atoms with Crippen LogP contribution >= 0.6 is 11.6 Å². The first-order valence-corrected chi connectivity index (χ1v) is 16.0. The number of phenols is 1. The summed E-state index contributed by atoms with van der Waals surface area (Å²) in [6.07, 6.45) is -1.45. The van der Waals surface area contributed by atoms with Crippen LogP contribution in [0.1, 0.15) is 5.56 Å². The van der Waals surface area contributed by atoms with Crippen LogP contribution in [-0.4, -0.2) is 41.0 Å². The summed E-state index contributed by atoms with van der Waals surface area (Å²) >= 11 is 5.78. The zero-order chi connectivity index (χ0) is 34.3. The lowest BCUT2D eigenvalue weighted by molar-refractivity contribution is 0.480. The van der Waals surface area contributed by atoms with E-state index in [4.69, 9.17) is 17.3 Å². The SMILES string of the molecule is Cc1ccc(N=Nc2c(S(=O)(=O)O)cc3ccc(N=Nc4cc(Nc5nc(F)nc(F)c5Cl)ccc4S(=O)(=O)O)c(O)c3c2N)cc1. The molecule has 5 aromatic rings. The number of nitrogen functional groups attached to an aromatic ring is 1. The van der Waals surface area contributed by atoms with Crippen LogP contribution in [0.2, 0.25) is 5.02 Å². The highest BCUT2D eigenvalue weighted by Crippen LogP contribution is 2.46. The molecule has 0 atom stereocenters. The predicted octanol–water partition coefficient (Wildman–Crippen LogP) is 7.23. The van der Waals surface area contributed by atoms with Crippen LogP contribution in [0.3, 0.4) is 0 Å². The molecule has 0 radical (unpaired) electrons. The van der Waals surface area contributed by atoms with Gasteiger partial charge in [0, 0.05) is 5.69 Å². The molecule has 5 rings (SSSR count). The minimum atomic E-state index is -4.90. The molecule has 0 fully saturated rings. The fraction of sp³-hybridized carbons (Fsp3) is 0.0370. The topological polar surface area (TPSA) is 242 Å². The third-order valence-corrected chi connectivity index (χ3v) is 8.46. The number of fused-ring (bicyclic) bond motifs is 1. The molecule has 1 heterocycles. The quantitative estimate of drug-likeness (QED) is 0.0355. The minimum Gasteiger partial charge on any atom is -0.505 e. The number of aromatic nitrogens is 2. The molecule has 0 saturated heterocycles. The average Bonchev–Trinajstić information content (AvgIpc) is 2.98. The van der Waals surface area contributed by atoms with Crippen molar-refractivity contribution in [1.29, 1.82) is 0 Å². The van der Waals surface area contributed by atoms with Gasteiger partial charge in [0.15, 0.2) is 11.6 Å². The van der Waals surface area contributed by atoms with E-state index < -0.39 is 75.7 Å². The Balaban J connectivity index is 1.61. The van der Waals surface area contributed by atoms with E-state index in [-0.39, 0.29) is 22.1 Å². The minimum absolute atomic E-state index is 0.0341. The van der Waals surface area contributed by atoms with Gasteiger partial charge in [-0.25, -0.2) is 0 Å². The highest BCUT2D eigenvalue weighted by Gasteiger charge is 2.24. The van der Waals surface area contributed by atoms with Crippen molar-refractivity contribution in [3.8, 4) is 5.75 Å². The maximum Gasteiger partial charge on any atom is 0.313 e. The Labute approximate surface area is 269 Å². The maximum atomic E-state index is 13.8. The van der Waals surface area contributed by atoms with Crippen LogP contribution in [0.15, 0.2) is 90.9 Å². The second-order valence-corrected chi connectivity index (χ2v) is 12.8. The van der Waals surface area contributed by atoms with Crippen molar-refractivity contribution >= 4 is 82.6 Å². The third-order valence-electron chi connectivity index (χ3n) is 6.36. The number of hydrogen-bond acceptors (Lipinski definition) is 13. The Kier molecular flexibility index (Phi) is 8.84. The van der Waals surface area contributed by atoms with E-state index in [2.05, 4.69) is 35.7 Å². The van der Waals surface area contributed by atoms with E-state index in [1.165, 1.54) is 12.1 Å². The molecule has 0 aliphatic rings. The number of aryl methyl sites for hydroxylation is 1. The van der Waals surface area contributed by atoms with Gasteiger partial charge in [-0.3, -0.25) is 9.11 Å². The highest BCUT2D eigenvalue weighted by atomic mass is 35.5. The lowest BCUT2D eigenvalue weighted by atomic mass is 10.1. The van der Waals surface area contributed by atoms with E-state index in [0.717, 1.165) is 29.8 Å². The maximum absolute atomic E-state index is 13.8. The molecule has 242 valence electrons. The molecule has 0 saturated carbocycles. The molecule has 6 N–H and O–H groups in total. The van der Waals surface area contributed by atoms with Crippen molar-refractivity contribution in [3.63, 3.8) is 0 Å². The van der Waals surface area contributed by atoms with Crippen LogP contribution < -0.4 is 11.1 Å². The lowest BCUT2D eigenvalue weighted by Gasteiger charge is -2.12. The van der Waals surface area contributed by atoms with Crippen LogP contribution in [0.5, 0.6) is 5.75 Å². The third kappa shape index (κ3) is 7.13. The zero-order valence-electron chi connectivity index (χ0n) is 23.5. The van der Waals surface area contributed by atoms with Crippen molar-refractivity contribution < 1.29 is 39.8 Å². The summed E-state index contributed by atoms with van der Waals surface area (Å²) in [5.74, 6) is -2.54. The van der Waals surface area contributed by atoms with Gasteiger partial charge in [0.05, 0.1) is 16.8 Å². The fourth-order valence-electron chi connectivity index (χ4n) is 4.17. The highest BCUT2D eigenvalue weighted by molar-refractivity contribution is 7.86. The first kappa shape index (κ1) is 33.2. The van der Waals surface area contributed by atoms with Gasteiger partial charge in [0.2, 0.25) is 5.95 Å². The largest absolute Gasteiger partial charge is 0.505 e. The zero-order valence-corrected chi connectivity index (χ0v) is 25.8. The number of azo groups is 2.